The quantitative estimate of drug-likeness (QED) is 0.811. The number of amides is 1. The third-order valence-corrected chi connectivity index (χ3v) is 5.76. The topological polar surface area (TPSA) is 96.6 Å². The normalized spacial score (nSPS) is 17.8. The highest BCUT2D eigenvalue weighted by molar-refractivity contribution is 6.00. The second-order valence-corrected chi connectivity index (χ2v) is 8.06. The van der Waals surface area contributed by atoms with Crippen LogP contribution < -0.4 is 10.9 Å². The molecule has 1 saturated carbocycles. The minimum atomic E-state index is -0.573. The van der Waals surface area contributed by atoms with E-state index in [2.05, 4.69) is 5.32 Å². The van der Waals surface area contributed by atoms with Gasteiger partial charge in [0.25, 0.3) is 0 Å². The van der Waals surface area contributed by atoms with Gasteiger partial charge in [-0.05, 0) is 49.3 Å². The lowest BCUT2D eigenvalue weighted by molar-refractivity contribution is -0.114. The molecule has 1 aromatic carbocycles. The van der Waals surface area contributed by atoms with Gasteiger partial charge in [0.05, 0.1) is 11.1 Å². The number of hydrogen-bond acceptors (Lipinski definition) is 5. The first-order chi connectivity index (χ1) is 14.0. The van der Waals surface area contributed by atoms with E-state index in [9.17, 15) is 19.5 Å². The van der Waals surface area contributed by atoms with Crippen LogP contribution in [0.5, 0.6) is 5.75 Å². The first kappa shape index (κ1) is 19.4. The number of nitrogens with one attached hydrogen (secondary N) is 1. The Kier molecular flexibility index (Phi) is 5.26. The molecule has 2 aliphatic carbocycles. The van der Waals surface area contributed by atoms with Crippen molar-refractivity contribution in [2.75, 3.05) is 5.32 Å². The van der Waals surface area contributed by atoms with E-state index >= 15 is 0 Å². The molecule has 1 atom stereocenters. The Balaban J connectivity index is 1.84. The molecule has 29 heavy (non-hydrogen) atoms. The van der Waals surface area contributed by atoms with Gasteiger partial charge in [0, 0.05) is 31.4 Å². The average Bonchev–Trinajstić information content (AvgIpc) is 3.47. The van der Waals surface area contributed by atoms with Gasteiger partial charge in [-0.2, -0.15) is 0 Å². The van der Waals surface area contributed by atoms with Gasteiger partial charge in [-0.1, -0.05) is 18.6 Å². The molecular formula is C23H25NO5. The van der Waals surface area contributed by atoms with E-state index in [4.69, 9.17) is 4.42 Å². The molecule has 1 fully saturated rings. The molecule has 0 spiro atoms. The standard InChI is InChI=1S/C23H25NO5/c1-13(25)24-16-7-5-6-15(12-16)19(14-10-11-14)21-22(27)20-17(26)8-3-2-4-9-18(20)29-23(21)28/h5-7,12,14,19,27H,2-4,8-11H2,1H3,(H,24,25). The summed E-state index contributed by atoms with van der Waals surface area (Å²) in [6.07, 6.45) is 5.19. The van der Waals surface area contributed by atoms with Crippen LogP contribution in [-0.4, -0.2) is 16.8 Å². The average molecular weight is 395 g/mol. The van der Waals surface area contributed by atoms with Crippen molar-refractivity contribution in [2.45, 2.75) is 57.8 Å². The Morgan fingerprint density at radius 2 is 1.93 bits per heavy atom. The summed E-state index contributed by atoms with van der Waals surface area (Å²) in [6, 6.07) is 7.29. The molecule has 6 heteroatoms. The van der Waals surface area contributed by atoms with Crippen molar-refractivity contribution in [3.63, 3.8) is 0 Å². The van der Waals surface area contributed by atoms with Crippen molar-refractivity contribution >= 4 is 17.4 Å². The fourth-order valence-electron chi connectivity index (χ4n) is 4.31. The van der Waals surface area contributed by atoms with Gasteiger partial charge in [0.1, 0.15) is 11.5 Å². The van der Waals surface area contributed by atoms with Gasteiger partial charge in [0.15, 0.2) is 5.78 Å². The highest BCUT2D eigenvalue weighted by Gasteiger charge is 2.39. The number of benzene rings is 1. The molecule has 4 rings (SSSR count). The molecule has 2 N–H and O–H groups in total. The van der Waals surface area contributed by atoms with Crippen molar-refractivity contribution < 1.29 is 19.1 Å². The van der Waals surface area contributed by atoms with Gasteiger partial charge in [0.2, 0.25) is 5.91 Å². The zero-order chi connectivity index (χ0) is 20.5. The third-order valence-electron chi connectivity index (χ3n) is 5.76. The monoisotopic (exact) mass is 395 g/mol. The molecule has 0 bridgehead atoms. The number of Topliss-reactive ketones (excluding diaryl/α,β-unsaturated/α-hetero) is 1. The number of rotatable bonds is 4. The van der Waals surface area contributed by atoms with Gasteiger partial charge in [-0.3, -0.25) is 9.59 Å². The maximum atomic E-state index is 12.9. The van der Waals surface area contributed by atoms with Gasteiger partial charge < -0.3 is 14.8 Å². The van der Waals surface area contributed by atoms with Gasteiger partial charge in [-0.15, -0.1) is 0 Å². The van der Waals surface area contributed by atoms with E-state index in [0.29, 0.717) is 24.3 Å². The van der Waals surface area contributed by atoms with Crippen molar-refractivity contribution in [3.05, 3.63) is 57.1 Å². The fraction of sp³-hybridized carbons (Fsp3) is 0.435. The predicted molar refractivity (Wildman–Crippen MR) is 108 cm³/mol. The molecule has 1 heterocycles. The molecule has 1 unspecified atom stereocenters. The number of carbonyl (C=O) groups excluding carboxylic acids is 2. The zero-order valence-corrected chi connectivity index (χ0v) is 16.5. The number of anilines is 1. The maximum absolute atomic E-state index is 12.9. The Morgan fingerprint density at radius 1 is 1.17 bits per heavy atom. The SMILES string of the molecule is CC(=O)Nc1cccc(C(c2c(O)c3c(oc2=O)CCCCCC3=O)C2CC2)c1. The molecule has 0 aliphatic heterocycles. The summed E-state index contributed by atoms with van der Waals surface area (Å²) in [5.74, 6) is -0.433. The summed E-state index contributed by atoms with van der Waals surface area (Å²) in [5, 5.41) is 13.8. The van der Waals surface area contributed by atoms with Crippen LogP contribution in [0.1, 0.15) is 78.6 Å². The Morgan fingerprint density at radius 3 is 2.66 bits per heavy atom. The van der Waals surface area contributed by atoms with Crippen LogP contribution in [0.2, 0.25) is 0 Å². The van der Waals surface area contributed by atoms with E-state index < -0.39 is 5.63 Å². The van der Waals surface area contributed by atoms with E-state index in [1.165, 1.54) is 6.92 Å². The second-order valence-electron chi connectivity index (χ2n) is 8.06. The van der Waals surface area contributed by atoms with Crippen LogP contribution in [0.15, 0.2) is 33.5 Å². The van der Waals surface area contributed by atoms with Crippen LogP contribution in [0.3, 0.4) is 0 Å². The lowest BCUT2D eigenvalue weighted by Gasteiger charge is -2.21. The Bertz CT molecular complexity index is 1020. The smallest absolute Gasteiger partial charge is 0.343 e. The van der Waals surface area contributed by atoms with Crippen LogP contribution in [0.4, 0.5) is 5.69 Å². The fourth-order valence-corrected chi connectivity index (χ4v) is 4.31. The molecule has 2 aliphatic rings. The predicted octanol–water partition coefficient (Wildman–Crippen LogP) is 4.14. The van der Waals surface area contributed by atoms with Crippen molar-refractivity contribution in [3.8, 4) is 5.75 Å². The minimum Gasteiger partial charge on any atom is -0.506 e. The van der Waals surface area contributed by atoms with Crippen LogP contribution >= 0.6 is 0 Å². The van der Waals surface area contributed by atoms with Crippen molar-refractivity contribution in [1.29, 1.82) is 0 Å². The molecule has 152 valence electrons. The number of ketones is 1. The van der Waals surface area contributed by atoms with Crippen LogP contribution in [0.25, 0.3) is 0 Å². The van der Waals surface area contributed by atoms with Crippen LogP contribution in [-0.2, 0) is 11.2 Å². The summed E-state index contributed by atoms with van der Waals surface area (Å²) in [4.78, 5) is 37.0. The Hall–Kier alpha value is -2.89. The van der Waals surface area contributed by atoms with Crippen molar-refractivity contribution in [1.82, 2.24) is 0 Å². The van der Waals surface area contributed by atoms with E-state index in [1.807, 2.05) is 18.2 Å². The minimum absolute atomic E-state index is 0.163. The third kappa shape index (κ3) is 3.97. The summed E-state index contributed by atoms with van der Waals surface area (Å²) < 4.78 is 5.59. The lowest BCUT2D eigenvalue weighted by Crippen LogP contribution is -2.21. The number of hydrogen-bond donors (Lipinski definition) is 2. The van der Waals surface area contributed by atoms with Crippen LogP contribution in [0, 0.1) is 5.92 Å². The second kappa shape index (κ2) is 7.85. The lowest BCUT2D eigenvalue weighted by atomic mass is 9.85. The summed E-state index contributed by atoms with van der Waals surface area (Å²) in [7, 11) is 0. The molecule has 1 amide bonds. The summed E-state index contributed by atoms with van der Waals surface area (Å²) in [6.45, 7) is 1.44. The largest absolute Gasteiger partial charge is 0.506 e. The maximum Gasteiger partial charge on any atom is 0.343 e. The number of aryl methyl sites for hydroxylation is 1. The first-order valence-corrected chi connectivity index (χ1v) is 10.2. The highest BCUT2D eigenvalue weighted by atomic mass is 16.4. The zero-order valence-electron chi connectivity index (χ0n) is 16.5. The highest BCUT2D eigenvalue weighted by Crippen LogP contribution is 2.49. The summed E-state index contributed by atoms with van der Waals surface area (Å²) in [5.41, 5.74) is 1.23. The Labute approximate surface area is 168 Å². The number of fused-ring (bicyclic) bond motifs is 1. The van der Waals surface area contributed by atoms with Gasteiger partial charge in [-0.25, -0.2) is 4.79 Å². The molecule has 6 nitrogen and oxygen atoms in total. The molecule has 1 aromatic heterocycles. The number of aromatic hydroxyl groups is 1. The van der Waals surface area contributed by atoms with E-state index in [1.54, 1.807) is 6.07 Å². The van der Waals surface area contributed by atoms with E-state index in [-0.39, 0.29) is 40.4 Å². The summed E-state index contributed by atoms with van der Waals surface area (Å²) >= 11 is 0. The molecule has 2 aromatic rings. The molecule has 0 radical (unpaired) electrons. The first-order valence-electron chi connectivity index (χ1n) is 10.2. The number of carbonyl (C=O) groups is 2. The van der Waals surface area contributed by atoms with Crippen molar-refractivity contribution in [2.24, 2.45) is 5.92 Å². The van der Waals surface area contributed by atoms with E-state index in [0.717, 1.165) is 37.7 Å². The van der Waals surface area contributed by atoms with Gasteiger partial charge >= 0.3 is 5.63 Å². The molecular weight excluding hydrogens is 370 g/mol. The molecule has 0 saturated heterocycles.